The number of aryl methyl sites for hydroxylation is 1. The second-order valence-corrected chi connectivity index (χ2v) is 10.2. The summed E-state index contributed by atoms with van der Waals surface area (Å²) in [7, 11) is -3.45. The number of hydrogen-bond donors (Lipinski definition) is 1. The van der Waals surface area contributed by atoms with Gasteiger partial charge in [0.1, 0.15) is 5.82 Å². The van der Waals surface area contributed by atoms with Gasteiger partial charge in [-0.2, -0.15) is 9.40 Å². The quantitative estimate of drug-likeness (QED) is 0.520. The third kappa shape index (κ3) is 5.10. The molecule has 1 fully saturated rings. The van der Waals surface area contributed by atoms with E-state index >= 15 is 0 Å². The molecule has 1 N–H and O–H groups in total. The van der Waals surface area contributed by atoms with Gasteiger partial charge in [0.15, 0.2) is 0 Å². The number of aromatic nitrogens is 2. The second kappa shape index (κ2) is 9.90. The van der Waals surface area contributed by atoms with E-state index in [1.54, 1.807) is 47.2 Å². The third-order valence-corrected chi connectivity index (χ3v) is 7.83. The van der Waals surface area contributed by atoms with Gasteiger partial charge >= 0.3 is 0 Å². The van der Waals surface area contributed by atoms with E-state index in [9.17, 15) is 17.6 Å². The Kier molecular flexibility index (Phi) is 6.95. The molecule has 9 heteroatoms. The lowest BCUT2D eigenvalue weighted by Gasteiger charge is -2.15. The molecule has 2 heterocycles. The number of hydrogen-bond acceptors (Lipinski definition) is 4. The Morgan fingerprint density at radius 2 is 1.71 bits per heavy atom. The van der Waals surface area contributed by atoms with E-state index in [4.69, 9.17) is 0 Å². The van der Waals surface area contributed by atoms with Gasteiger partial charge in [0.25, 0.3) is 0 Å². The summed E-state index contributed by atoms with van der Waals surface area (Å²) >= 11 is 0. The molecule has 7 nitrogen and oxygen atoms in total. The van der Waals surface area contributed by atoms with Crippen molar-refractivity contribution in [3.63, 3.8) is 0 Å². The first-order valence-electron chi connectivity index (χ1n) is 11.1. The van der Waals surface area contributed by atoms with E-state index in [1.807, 2.05) is 13.8 Å². The van der Waals surface area contributed by atoms with Gasteiger partial charge in [0.05, 0.1) is 16.3 Å². The highest BCUT2D eigenvalue weighted by Crippen LogP contribution is 2.21. The molecule has 0 bridgehead atoms. The fourth-order valence-electron chi connectivity index (χ4n) is 3.99. The predicted molar refractivity (Wildman–Crippen MR) is 128 cm³/mol. The van der Waals surface area contributed by atoms with Gasteiger partial charge in [-0.25, -0.2) is 17.5 Å². The van der Waals surface area contributed by atoms with Crippen LogP contribution in [0.4, 0.5) is 4.39 Å². The topological polar surface area (TPSA) is 84.3 Å². The Bertz CT molecular complexity index is 1310. The minimum atomic E-state index is -3.45. The number of nitrogens with one attached hydrogen (secondary N) is 1. The Morgan fingerprint density at radius 1 is 1.06 bits per heavy atom. The minimum absolute atomic E-state index is 0.272. The van der Waals surface area contributed by atoms with Crippen LogP contribution in [0.5, 0.6) is 0 Å². The molecule has 3 aromatic rings. The van der Waals surface area contributed by atoms with Crippen LogP contribution < -0.4 is 5.32 Å². The van der Waals surface area contributed by atoms with Gasteiger partial charge in [0, 0.05) is 37.0 Å². The number of nitrogens with zero attached hydrogens (tertiary/aromatic N) is 3. The SMILES string of the molecule is Cc1nn(-c2ccc(F)cc2)c(C)c1/C=C/C(=O)NCc1ccc(S(=O)(=O)N2CCCC2)cc1. The van der Waals surface area contributed by atoms with Crippen LogP contribution in [0.25, 0.3) is 11.8 Å². The number of benzene rings is 2. The number of amides is 1. The van der Waals surface area contributed by atoms with Gasteiger partial charge in [0.2, 0.25) is 15.9 Å². The lowest BCUT2D eigenvalue weighted by Crippen LogP contribution is -2.27. The summed E-state index contributed by atoms with van der Waals surface area (Å²) in [5, 5.41) is 7.31. The first-order chi connectivity index (χ1) is 16.3. The van der Waals surface area contributed by atoms with Crippen molar-refractivity contribution in [2.75, 3.05) is 13.1 Å². The number of carbonyl (C=O) groups excluding carboxylic acids is 1. The van der Waals surface area contributed by atoms with E-state index in [2.05, 4.69) is 10.4 Å². The maximum Gasteiger partial charge on any atom is 0.244 e. The van der Waals surface area contributed by atoms with Crippen molar-refractivity contribution in [3.8, 4) is 5.69 Å². The van der Waals surface area contributed by atoms with Crippen LogP contribution in [0.1, 0.15) is 35.4 Å². The molecule has 1 aliphatic heterocycles. The molecule has 0 unspecified atom stereocenters. The lowest BCUT2D eigenvalue weighted by molar-refractivity contribution is -0.116. The van der Waals surface area contributed by atoms with Gasteiger partial charge in [-0.05, 0) is 74.7 Å². The van der Waals surface area contributed by atoms with Crippen molar-refractivity contribution in [1.29, 1.82) is 0 Å². The number of rotatable bonds is 7. The summed E-state index contributed by atoms with van der Waals surface area (Å²) in [6.45, 7) is 5.14. The minimum Gasteiger partial charge on any atom is -0.348 e. The lowest BCUT2D eigenvalue weighted by atomic mass is 10.1. The Morgan fingerprint density at radius 3 is 2.35 bits per heavy atom. The van der Waals surface area contributed by atoms with Gasteiger partial charge in [-0.15, -0.1) is 0 Å². The summed E-state index contributed by atoms with van der Waals surface area (Å²) in [6, 6.07) is 12.7. The van der Waals surface area contributed by atoms with Gasteiger partial charge < -0.3 is 5.32 Å². The molecule has 0 atom stereocenters. The average Bonchev–Trinajstić information content (AvgIpc) is 3.46. The molecule has 1 saturated heterocycles. The number of carbonyl (C=O) groups is 1. The molecule has 2 aromatic carbocycles. The highest BCUT2D eigenvalue weighted by atomic mass is 32.2. The molecule has 178 valence electrons. The number of halogens is 1. The molecule has 1 aliphatic rings. The van der Waals surface area contributed by atoms with Crippen molar-refractivity contribution in [2.45, 2.75) is 38.1 Å². The van der Waals surface area contributed by atoms with E-state index in [-0.39, 0.29) is 23.2 Å². The average molecular weight is 483 g/mol. The van der Waals surface area contributed by atoms with Crippen LogP contribution >= 0.6 is 0 Å². The first-order valence-corrected chi connectivity index (χ1v) is 12.6. The normalized spacial score (nSPS) is 14.7. The van der Waals surface area contributed by atoms with Crippen LogP contribution in [0.3, 0.4) is 0 Å². The maximum absolute atomic E-state index is 13.2. The Hall–Kier alpha value is -3.30. The summed E-state index contributed by atoms with van der Waals surface area (Å²) in [4.78, 5) is 12.6. The molecular formula is C25H27FN4O3S. The first kappa shape index (κ1) is 23.8. The largest absolute Gasteiger partial charge is 0.348 e. The zero-order chi connectivity index (χ0) is 24.3. The fraction of sp³-hybridized carbons (Fsp3) is 0.280. The van der Waals surface area contributed by atoms with Crippen molar-refractivity contribution >= 4 is 22.0 Å². The van der Waals surface area contributed by atoms with Crippen LogP contribution in [0.2, 0.25) is 0 Å². The molecular weight excluding hydrogens is 455 g/mol. The molecule has 1 aromatic heterocycles. The fourth-order valence-corrected chi connectivity index (χ4v) is 5.51. The zero-order valence-corrected chi connectivity index (χ0v) is 20.0. The summed E-state index contributed by atoms with van der Waals surface area (Å²) in [5.74, 6) is -0.591. The van der Waals surface area contributed by atoms with E-state index in [0.717, 1.165) is 41.0 Å². The molecule has 4 rings (SSSR count). The summed E-state index contributed by atoms with van der Waals surface area (Å²) in [5.41, 5.74) is 3.94. The van der Waals surface area contributed by atoms with Crippen LogP contribution in [-0.2, 0) is 21.4 Å². The summed E-state index contributed by atoms with van der Waals surface area (Å²) < 4.78 is 41.7. The molecule has 0 spiro atoms. The highest BCUT2D eigenvalue weighted by Gasteiger charge is 2.26. The second-order valence-electron chi connectivity index (χ2n) is 8.28. The predicted octanol–water partition coefficient (Wildman–Crippen LogP) is 3.74. The van der Waals surface area contributed by atoms with Crippen molar-refractivity contribution in [1.82, 2.24) is 19.4 Å². The Balaban J connectivity index is 1.38. The van der Waals surface area contributed by atoms with Crippen LogP contribution in [0, 0.1) is 19.7 Å². The molecule has 0 saturated carbocycles. The molecule has 1 amide bonds. The number of sulfonamides is 1. The van der Waals surface area contributed by atoms with Crippen molar-refractivity contribution in [3.05, 3.63) is 82.9 Å². The van der Waals surface area contributed by atoms with Crippen LogP contribution in [-0.4, -0.2) is 41.5 Å². The zero-order valence-electron chi connectivity index (χ0n) is 19.2. The molecule has 0 aliphatic carbocycles. The van der Waals surface area contributed by atoms with Crippen LogP contribution in [0.15, 0.2) is 59.5 Å². The van der Waals surface area contributed by atoms with E-state index in [1.165, 1.54) is 22.5 Å². The summed E-state index contributed by atoms with van der Waals surface area (Å²) in [6.07, 6.45) is 4.93. The van der Waals surface area contributed by atoms with Crippen molar-refractivity contribution < 1.29 is 17.6 Å². The monoisotopic (exact) mass is 482 g/mol. The maximum atomic E-state index is 13.2. The molecule has 0 radical (unpaired) electrons. The van der Waals surface area contributed by atoms with E-state index in [0.29, 0.717) is 13.1 Å². The van der Waals surface area contributed by atoms with E-state index < -0.39 is 10.0 Å². The van der Waals surface area contributed by atoms with Gasteiger partial charge in [-0.1, -0.05) is 12.1 Å². The molecule has 34 heavy (non-hydrogen) atoms. The smallest absolute Gasteiger partial charge is 0.244 e. The Labute approximate surface area is 199 Å². The standard InChI is InChI=1S/C25H27FN4O3S/c1-18-24(19(2)30(28-18)22-9-7-21(26)8-10-22)13-14-25(31)27-17-20-5-11-23(12-6-20)34(32,33)29-15-3-4-16-29/h5-14H,3-4,15-17H2,1-2H3,(H,27,31)/b14-13+. The van der Waals surface area contributed by atoms with Gasteiger partial charge in [-0.3, -0.25) is 4.79 Å². The third-order valence-electron chi connectivity index (χ3n) is 5.91. The van der Waals surface area contributed by atoms with Crippen molar-refractivity contribution in [2.24, 2.45) is 0 Å². The highest BCUT2D eigenvalue weighted by molar-refractivity contribution is 7.89.